The van der Waals surface area contributed by atoms with Crippen molar-refractivity contribution in [3.05, 3.63) is 54.1 Å². The molecule has 0 aliphatic rings. The molecule has 0 spiro atoms. The third-order valence-electron chi connectivity index (χ3n) is 3.20. The van der Waals surface area contributed by atoms with Gasteiger partial charge >= 0.3 is 6.18 Å². The average molecular weight is 339 g/mol. The topological polar surface area (TPSA) is 47.6 Å². The van der Waals surface area contributed by atoms with E-state index in [1.807, 2.05) is 0 Å². The molecule has 1 unspecified atom stereocenters. The first-order chi connectivity index (χ1) is 11.3. The van der Waals surface area contributed by atoms with Gasteiger partial charge in [0.15, 0.2) is 6.10 Å². The third-order valence-corrected chi connectivity index (χ3v) is 3.20. The maximum atomic E-state index is 12.7. The van der Waals surface area contributed by atoms with E-state index in [-0.39, 0.29) is 5.69 Å². The van der Waals surface area contributed by atoms with Crippen LogP contribution in [0.3, 0.4) is 0 Å². The second-order valence-electron chi connectivity index (χ2n) is 5.00. The molecule has 24 heavy (non-hydrogen) atoms. The number of ether oxygens (including phenoxy) is 2. The molecule has 0 saturated carbocycles. The Labute approximate surface area is 137 Å². The maximum Gasteiger partial charge on any atom is 0.416 e. The molecule has 2 aromatic carbocycles. The summed E-state index contributed by atoms with van der Waals surface area (Å²) < 4.78 is 48.5. The molecule has 0 aliphatic heterocycles. The summed E-state index contributed by atoms with van der Waals surface area (Å²) in [5.41, 5.74) is -0.774. The summed E-state index contributed by atoms with van der Waals surface area (Å²) >= 11 is 0. The second-order valence-corrected chi connectivity index (χ2v) is 5.00. The molecule has 2 aromatic rings. The van der Waals surface area contributed by atoms with Crippen molar-refractivity contribution < 1.29 is 27.4 Å². The number of amides is 1. The van der Waals surface area contributed by atoms with Crippen molar-refractivity contribution in [3.8, 4) is 11.5 Å². The molecule has 0 bridgehead atoms. The zero-order valence-electron chi connectivity index (χ0n) is 13.1. The molecule has 128 valence electrons. The van der Waals surface area contributed by atoms with E-state index in [1.54, 1.807) is 24.3 Å². The van der Waals surface area contributed by atoms with Gasteiger partial charge in [0, 0.05) is 5.69 Å². The summed E-state index contributed by atoms with van der Waals surface area (Å²) in [7, 11) is 1.53. The Balaban J connectivity index is 2.00. The number of anilines is 1. The van der Waals surface area contributed by atoms with Gasteiger partial charge in [0.25, 0.3) is 5.91 Å². The summed E-state index contributed by atoms with van der Waals surface area (Å²) in [6, 6.07) is 11.0. The molecule has 0 fully saturated rings. The molecule has 0 radical (unpaired) electrons. The van der Waals surface area contributed by atoms with Crippen molar-refractivity contribution in [1.29, 1.82) is 0 Å². The highest BCUT2D eigenvalue weighted by atomic mass is 19.4. The van der Waals surface area contributed by atoms with Crippen LogP contribution >= 0.6 is 0 Å². The molecule has 0 heterocycles. The third kappa shape index (κ3) is 4.65. The van der Waals surface area contributed by atoms with Gasteiger partial charge in [-0.1, -0.05) is 6.07 Å². The largest absolute Gasteiger partial charge is 0.497 e. The van der Waals surface area contributed by atoms with Crippen molar-refractivity contribution in [3.63, 3.8) is 0 Å². The minimum atomic E-state index is -4.47. The minimum absolute atomic E-state index is 0.0556. The van der Waals surface area contributed by atoms with E-state index in [9.17, 15) is 18.0 Å². The van der Waals surface area contributed by atoms with Gasteiger partial charge in [-0.25, -0.2) is 0 Å². The Hall–Kier alpha value is -2.70. The number of alkyl halides is 3. The first-order valence-corrected chi connectivity index (χ1v) is 7.08. The standard InChI is InChI=1S/C17H16F3NO3/c1-11(24-15-8-6-14(23-2)7-9-15)16(22)21-13-5-3-4-12(10-13)17(18,19)20/h3-11H,1-2H3,(H,21,22). The summed E-state index contributed by atoms with van der Waals surface area (Å²) in [4.78, 5) is 12.1. The molecule has 1 atom stereocenters. The fourth-order valence-electron chi connectivity index (χ4n) is 1.93. The SMILES string of the molecule is COc1ccc(OC(C)C(=O)Nc2cccc(C(F)(F)F)c2)cc1. The predicted octanol–water partition coefficient (Wildman–Crippen LogP) is 4.12. The van der Waals surface area contributed by atoms with Gasteiger partial charge in [0.1, 0.15) is 11.5 Å². The summed E-state index contributed by atoms with van der Waals surface area (Å²) in [6.07, 6.45) is -5.35. The van der Waals surface area contributed by atoms with Crippen molar-refractivity contribution in [2.45, 2.75) is 19.2 Å². The molecular weight excluding hydrogens is 323 g/mol. The fraction of sp³-hybridized carbons (Fsp3) is 0.235. The first-order valence-electron chi connectivity index (χ1n) is 7.08. The quantitative estimate of drug-likeness (QED) is 0.891. The van der Waals surface area contributed by atoms with Gasteiger partial charge in [0.2, 0.25) is 0 Å². The molecule has 0 aliphatic carbocycles. The van der Waals surface area contributed by atoms with Crippen LogP contribution in [-0.2, 0) is 11.0 Å². The zero-order chi connectivity index (χ0) is 17.7. The van der Waals surface area contributed by atoms with Gasteiger partial charge < -0.3 is 14.8 Å². The van der Waals surface area contributed by atoms with Gasteiger partial charge in [0.05, 0.1) is 12.7 Å². The highest BCUT2D eigenvalue weighted by Crippen LogP contribution is 2.30. The minimum Gasteiger partial charge on any atom is -0.497 e. The number of carbonyl (C=O) groups is 1. The van der Waals surface area contributed by atoms with Crippen LogP contribution in [0.15, 0.2) is 48.5 Å². The fourth-order valence-corrected chi connectivity index (χ4v) is 1.93. The van der Waals surface area contributed by atoms with Crippen LogP contribution in [0.4, 0.5) is 18.9 Å². The highest BCUT2D eigenvalue weighted by molar-refractivity contribution is 5.94. The smallest absolute Gasteiger partial charge is 0.416 e. The van der Waals surface area contributed by atoms with Gasteiger partial charge in [-0.15, -0.1) is 0 Å². The lowest BCUT2D eigenvalue weighted by atomic mass is 10.2. The number of halogens is 3. The van der Waals surface area contributed by atoms with Gasteiger partial charge in [-0.2, -0.15) is 13.2 Å². The number of hydrogen-bond acceptors (Lipinski definition) is 3. The molecule has 0 saturated heterocycles. The van der Waals surface area contributed by atoms with Crippen LogP contribution in [0, 0.1) is 0 Å². The van der Waals surface area contributed by atoms with Crippen molar-refractivity contribution in [2.24, 2.45) is 0 Å². The summed E-state index contributed by atoms with van der Waals surface area (Å²) in [6.45, 7) is 1.51. The zero-order valence-corrected chi connectivity index (χ0v) is 13.1. The summed E-state index contributed by atoms with van der Waals surface area (Å²) in [5.74, 6) is 0.538. The van der Waals surface area contributed by atoms with Crippen LogP contribution in [0.25, 0.3) is 0 Å². The van der Waals surface area contributed by atoms with Crippen molar-refractivity contribution in [2.75, 3.05) is 12.4 Å². The summed E-state index contributed by atoms with van der Waals surface area (Å²) in [5, 5.41) is 2.41. The van der Waals surface area contributed by atoms with E-state index >= 15 is 0 Å². The van der Waals surface area contributed by atoms with E-state index in [1.165, 1.54) is 26.2 Å². The number of benzene rings is 2. The first kappa shape index (κ1) is 17.7. The number of hydrogen-bond donors (Lipinski definition) is 1. The predicted molar refractivity (Wildman–Crippen MR) is 83.2 cm³/mol. The monoisotopic (exact) mass is 339 g/mol. The number of rotatable bonds is 5. The second kappa shape index (κ2) is 7.25. The molecular formula is C17H16F3NO3. The molecule has 4 nitrogen and oxygen atoms in total. The Kier molecular flexibility index (Phi) is 5.33. The molecule has 1 amide bonds. The van der Waals surface area contributed by atoms with Crippen molar-refractivity contribution >= 4 is 11.6 Å². The Morgan fingerprint density at radius 1 is 1.08 bits per heavy atom. The van der Waals surface area contributed by atoms with Crippen LogP contribution in [0.2, 0.25) is 0 Å². The Bertz CT molecular complexity index is 699. The van der Waals surface area contributed by atoms with Crippen molar-refractivity contribution in [1.82, 2.24) is 0 Å². The Morgan fingerprint density at radius 3 is 2.29 bits per heavy atom. The number of carbonyl (C=O) groups excluding carboxylic acids is 1. The lowest BCUT2D eigenvalue weighted by Gasteiger charge is -2.15. The normalized spacial score (nSPS) is 12.4. The lowest BCUT2D eigenvalue weighted by Crippen LogP contribution is -2.30. The van der Waals surface area contributed by atoms with E-state index in [4.69, 9.17) is 9.47 Å². The van der Waals surface area contributed by atoms with Crippen LogP contribution in [0.5, 0.6) is 11.5 Å². The van der Waals surface area contributed by atoms with Crippen LogP contribution in [-0.4, -0.2) is 19.1 Å². The lowest BCUT2D eigenvalue weighted by molar-refractivity contribution is -0.137. The highest BCUT2D eigenvalue weighted by Gasteiger charge is 2.30. The Morgan fingerprint density at radius 2 is 1.71 bits per heavy atom. The average Bonchev–Trinajstić information content (AvgIpc) is 2.55. The van der Waals surface area contributed by atoms with Gasteiger partial charge in [-0.3, -0.25) is 4.79 Å². The number of methoxy groups -OCH3 is 1. The molecule has 0 aromatic heterocycles. The van der Waals surface area contributed by atoms with Gasteiger partial charge in [-0.05, 0) is 49.4 Å². The maximum absolute atomic E-state index is 12.7. The van der Waals surface area contributed by atoms with E-state index in [2.05, 4.69) is 5.32 Å². The molecule has 2 rings (SSSR count). The molecule has 1 N–H and O–H groups in total. The van der Waals surface area contributed by atoms with Crippen LogP contribution in [0.1, 0.15) is 12.5 Å². The number of nitrogens with one attached hydrogen (secondary N) is 1. The van der Waals surface area contributed by atoms with E-state index in [0.29, 0.717) is 11.5 Å². The van der Waals surface area contributed by atoms with E-state index < -0.39 is 23.8 Å². The van der Waals surface area contributed by atoms with E-state index in [0.717, 1.165) is 12.1 Å². The molecule has 7 heteroatoms. The van der Waals surface area contributed by atoms with Crippen LogP contribution < -0.4 is 14.8 Å².